The van der Waals surface area contributed by atoms with E-state index in [2.05, 4.69) is 9.97 Å². The van der Waals surface area contributed by atoms with Gasteiger partial charge in [0.1, 0.15) is 11.6 Å². The van der Waals surface area contributed by atoms with Crippen LogP contribution in [0, 0.1) is 0 Å². The molecule has 6 nitrogen and oxygen atoms in total. The first-order valence-corrected chi connectivity index (χ1v) is 4.94. The van der Waals surface area contributed by atoms with Gasteiger partial charge in [-0.3, -0.25) is 0 Å². The third kappa shape index (κ3) is 1.94. The fourth-order valence-electron chi connectivity index (χ4n) is 1.93. The summed E-state index contributed by atoms with van der Waals surface area (Å²) in [6, 6.07) is 0. The minimum Gasteiger partial charge on any atom is -0.383 e. The molecule has 0 atom stereocenters. The smallest absolute Gasteiger partial charge is 0.223 e. The van der Waals surface area contributed by atoms with Crippen LogP contribution in [-0.4, -0.2) is 23.2 Å². The van der Waals surface area contributed by atoms with E-state index < -0.39 is 0 Å². The van der Waals surface area contributed by atoms with Crippen LogP contribution >= 0.6 is 0 Å². The van der Waals surface area contributed by atoms with Crippen LogP contribution in [0.15, 0.2) is 0 Å². The lowest BCUT2D eigenvalue weighted by Gasteiger charge is -2.23. The fourth-order valence-corrected chi connectivity index (χ4v) is 1.93. The molecule has 0 aliphatic carbocycles. The highest BCUT2D eigenvalue weighted by Gasteiger charge is 2.22. The van der Waals surface area contributed by atoms with Crippen LogP contribution < -0.4 is 17.2 Å². The summed E-state index contributed by atoms with van der Waals surface area (Å²) in [7, 11) is 0. The molecule has 0 spiro atoms. The summed E-state index contributed by atoms with van der Waals surface area (Å²) in [5.41, 5.74) is 17.9. The van der Waals surface area contributed by atoms with Crippen LogP contribution in [0.3, 0.4) is 0 Å². The van der Waals surface area contributed by atoms with Gasteiger partial charge in [0.25, 0.3) is 0 Å². The maximum atomic E-state index is 5.80. The summed E-state index contributed by atoms with van der Waals surface area (Å²) >= 11 is 0. The van der Waals surface area contributed by atoms with Crippen molar-refractivity contribution in [2.75, 3.05) is 30.4 Å². The highest BCUT2D eigenvalue weighted by Crippen LogP contribution is 2.33. The second kappa shape index (κ2) is 3.90. The summed E-state index contributed by atoms with van der Waals surface area (Å²) in [5.74, 6) is 1.21. The van der Waals surface area contributed by atoms with Crippen LogP contribution in [0.1, 0.15) is 24.3 Å². The molecule has 0 bridgehead atoms. The first-order valence-electron chi connectivity index (χ1n) is 4.94. The molecule has 1 aliphatic rings. The molecule has 2 heterocycles. The van der Waals surface area contributed by atoms with Crippen molar-refractivity contribution in [1.82, 2.24) is 9.97 Å². The Morgan fingerprint density at radius 3 is 2.07 bits per heavy atom. The summed E-state index contributed by atoms with van der Waals surface area (Å²) in [6.45, 7) is 1.46. The number of anilines is 3. The predicted octanol–water partition coefficient (Wildman–Crippen LogP) is 0.117. The Bertz CT molecular complexity index is 339. The van der Waals surface area contributed by atoms with Crippen LogP contribution in [-0.2, 0) is 4.74 Å². The Hall–Kier alpha value is -1.56. The fraction of sp³-hybridized carbons (Fsp3) is 0.556. The second-order valence-corrected chi connectivity index (χ2v) is 3.65. The number of nitrogens with two attached hydrogens (primary N) is 3. The molecule has 0 unspecified atom stereocenters. The van der Waals surface area contributed by atoms with E-state index >= 15 is 0 Å². The van der Waals surface area contributed by atoms with Gasteiger partial charge >= 0.3 is 0 Å². The van der Waals surface area contributed by atoms with Gasteiger partial charge in [-0.15, -0.1) is 0 Å². The molecule has 1 aliphatic heterocycles. The Kier molecular flexibility index (Phi) is 2.59. The molecule has 1 aromatic heterocycles. The third-order valence-electron chi connectivity index (χ3n) is 2.65. The van der Waals surface area contributed by atoms with E-state index in [4.69, 9.17) is 21.9 Å². The molecule has 2 rings (SSSR count). The zero-order valence-corrected chi connectivity index (χ0v) is 8.44. The largest absolute Gasteiger partial charge is 0.383 e. The molecule has 0 amide bonds. The molecule has 15 heavy (non-hydrogen) atoms. The van der Waals surface area contributed by atoms with Crippen LogP contribution in [0.5, 0.6) is 0 Å². The Labute approximate surface area is 87.8 Å². The number of nitrogens with zero attached hydrogens (tertiary/aromatic N) is 2. The van der Waals surface area contributed by atoms with Crippen molar-refractivity contribution in [2.24, 2.45) is 0 Å². The van der Waals surface area contributed by atoms with Crippen molar-refractivity contribution in [3.8, 4) is 0 Å². The van der Waals surface area contributed by atoms with Crippen molar-refractivity contribution in [2.45, 2.75) is 18.8 Å². The minimum atomic E-state index is 0.126. The number of rotatable bonds is 1. The number of hydrogen-bond acceptors (Lipinski definition) is 6. The van der Waals surface area contributed by atoms with E-state index in [-0.39, 0.29) is 5.95 Å². The zero-order chi connectivity index (χ0) is 10.8. The van der Waals surface area contributed by atoms with Gasteiger partial charge in [0.2, 0.25) is 5.95 Å². The number of aromatic nitrogens is 2. The van der Waals surface area contributed by atoms with Crippen molar-refractivity contribution in [3.63, 3.8) is 0 Å². The van der Waals surface area contributed by atoms with Crippen LogP contribution in [0.2, 0.25) is 0 Å². The van der Waals surface area contributed by atoms with Crippen molar-refractivity contribution in [3.05, 3.63) is 5.56 Å². The Morgan fingerprint density at radius 2 is 1.53 bits per heavy atom. The van der Waals surface area contributed by atoms with Gasteiger partial charge in [-0.2, -0.15) is 9.97 Å². The normalized spacial score (nSPS) is 17.9. The summed E-state index contributed by atoms with van der Waals surface area (Å²) in [6.07, 6.45) is 1.81. The molecule has 1 aromatic rings. The van der Waals surface area contributed by atoms with Crippen molar-refractivity contribution >= 4 is 17.6 Å². The molecule has 6 heteroatoms. The molecule has 0 radical (unpaired) electrons. The van der Waals surface area contributed by atoms with Gasteiger partial charge in [-0.25, -0.2) is 0 Å². The summed E-state index contributed by atoms with van der Waals surface area (Å²) in [5, 5.41) is 0. The van der Waals surface area contributed by atoms with E-state index in [1.807, 2.05) is 0 Å². The monoisotopic (exact) mass is 209 g/mol. The number of hydrogen-bond donors (Lipinski definition) is 3. The van der Waals surface area contributed by atoms with E-state index in [1.165, 1.54) is 0 Å². The number of nitrogen functional groups attached to an aromatic ring is 3. The first kappa shape index (κ1) is 9.97. The van der Waals surface area contributed by atoms with E-state index in [0.717, 1.165) is 31.6 Å². The van der Waals surface area contributed by atoms with Crippen molar-refractivity contribution < 1.29 is 4.74 Å². The molecule has 1 fully saturated rings. The van der Waals surface area contributed by atoms with E-state index in [0.29, 0.717) is 17.6 Å². The Balaban J connectivity index is 2.33. The lowest BCUT2D eigenvalue weighted by Crippen LogP contribution is -2.18. The van der Waals surface area contributed by atoms with E-state index in [9.17, 15) is 0 Å². The van der Waals surface area contributed by atoms with E-state index in [1.54, 1.807) is 0 Å². The number of ether oxygens (including phenoxy) is 1. The van der Waals surface area contributed by atoms with Gasteiger partial charge in [-0.05, 0) is 18.8 Å². The molecule has 6 N–H and O–H groups in total. The predicted molar refractivity (Wildman–Crippen MR) is 58.1 cm³/mol. The maximum Gasteiger partial charge on any atom is 0.223 e. The highest BCUT2D eigenvalue weighted by molar-refractivity contribution is 5.57. The highest BCUT2D eigenvalue weighted by atomic mass is 16.5. The average Bonchev–Trinajstić information content (AvgIpc) is 2.17. The molecule has 82 valence electrons. The van der Waals surface area contributed by atoms with Crippen LogP contribution in [0.4, 0.5) is 17.6 Å². The maximum absolute atomic E-state index is 5.80. The lowest BCUT2D eigenvalue weighted by atomic mass is 9.92. The summed E-state index contributed by atoms with van der Waals surface area (Å²) in [4.78, 5) is 7.87. The van der Waals surface area contributed by atoms with Gasteiger partial charge in [0.15, 0.2) is 0 Å². The Morgan fingerprint density at radius 1 is 1.00 bits per heavy atom. The van der Waals surface area contributed by atoms with Gasteiger partial charge in [-0.1, -0.05) is 0 Å². The lowest BCUT2D eigenvalue weighted by molar-refractivity contribution is 0.0855. The van der Waals surface area contributed by atoms with Crippen LogP contribution in [0.25, 0.3) is 0 Å². The quantitative estimate of drug-likeness (QED) is 0.605. The third-order valence-corrected chi connectivity index (χ3v) is 2.65. The zero-order valence-electron chi connectivity index (χ0n) is 8.44. The minimum absolute atomic E-state index is 0.126. The van der Waals surface area contributed by atoms with Crippen molar-refractivity contribution in [1.29, 1.82) is 0 Å². The summed E-state index contributed by atoms with van der Waals surface area (Å²) < 4.78 is 5.28. The molecular weight excluding hydrogens is 194 g/mol. The topological polar surface area (TPSA) is 113 Å². The standard InChI is InChI=1S/C9H15N5O/c10-7-6(5-1-3-15-4-2-5)8(11)14-9(12)13-7/h5H,1-4H2,(H6,10,11,12,13,14). The SMILES string of the molecule is Nc1nc(N)c(C2CCOCC2)c(N)n1. The van der Waals surface area contributed by atoms with Gasteiger partial charge in [0, 0.05) is 18.8 Å². The average molecular weight is 209 g/mol. The molecular formula is C9H15N5O. The molecule has 1 saturated heterocycles. The first-order chi connectivity index (χ1) is 7.18. The molecule has 0 saturated carbocycles. The van der Waals surface area contributed by atoms with Gasteiger partial charge < -0.3 is 21.9 Å². The van der Waals surface area contributed by atoms with Gasteiger partial charge in [0.05, 0.1) is 0 Å². The second-order valence-electron chi connectivity index (χ2n) is 3.65. The molecule has 0 aromatic carbocycles.